The molecule has 1 heterocycles. The molecule has 7 heteroatoms. The number of amides is 2. The maximum atomic E-state index is 13.8. The van der Waals surface area contributed by atoms with Crippen LogP contribution in [0.15, 0.2) is 48.7 Å². The number of carbonyl (C=O) groups excluding carboxylic acids is 1. The van der Waals surface area contributed by atoms with Crippen LogP contribution in [0.1, 0.15) is 22.7 Å². The molecule has 6 nitrogen and oxygen atoms in total. The SMILES string of the molecule is N#Cc1ccc(NC(=O)NCC2N/C(=C\N)c3ccccc32)c(F)c1. The number of anilines is 1. The third-order valence-electron chi connectivity index (χ3n) is 3.94. The molecule has 25 heavy (non-hydrogen) atoms. The van der Waals surface area contributed by atoms with Gasteiger partial charge in [0, 0.05) is 18.3 Å². The molecule has 126 valence electrons. The summed E-state index contributed by atoms with van der Waals surface area (Å²) >= 11 is 0. The van der Waals surface area contributed by atoms with E-state index in [-0.39, 0.29) is 17.3 Å². The molecule has 5 N–H and O–H groups in total. The fraction of sp³-hybridized carbons (Fsp3) is 0.111. The fourth-order valence-corrected chi connectivity index (χ4v) is 2.74. The van der Waals surface area contributed by atoms with E-state index in [4.69, 9.17) is 11.0 Å². The van der Waals surface area contributed by atoms with E-state index >= 15 is 0 Å². The Morgan fingerprint density at radius 2 is 2.16 bits per heavy atom. The van der Waals surface area contributed by atoms with E-state index in [0.29, 0.717) is 6.54 Å². The lowest BCUT2D eigenvalue weighted by molar-refractivity contribution is 0.251. The number of nitriles is 1. The molecule has 1 unspecified atom stereocenters. The molecule has 0 bridgehead atoms. The summed E-state index contributed by atoms with van der Waals surface area (Å²) in [7, 11) is 0. The van der Waals surface area contributed by atoms with Gasteiger partial charge in [-0.05, 0) is 23.8 Å². The predicted molar refractivity (Wildman–Crippen MR) is 92.6 cm³/mol. The smallest absolute Gasteiger partial charge is 0.319 e. The van der Waals surface area contributed by atoms with Gasteiger partial charge in [0.05, 0.1) is 29.1 Å². The number of carbonyl (C=O) groups is 1. The summed E-state index contributed by atoms with van der Waals surface area (Å²) in [6, 6.07) is 12.8. The van der Waals surface area contributed by atoms with E-state index < -0.39 is 11.8 Å². The molecule has 1 atom stereocenters. The van der Waals surface area contributed by atoms with Crippen molar-refractivity contribution < 1.29 is 9.18 Å². The van der Waals surface area contributed by atoms with Crippen molar-refractivity contribution in [1.82, 2.24) is 10.6 Å². The zero-order valence-corrected chi connectivity index (χ0v) is 13.2. The summed E-state index contributed by atoms with van der Waals surface area (Å²) in [4.78, 5) is 12.0. The number of urea groups is 1. The Labute approximate surface area is 144 Å². The van der Waals surface area contributed by atoms with Gasteiger partial charge in [-0.1, -0.05) is 24.3 Å². The lowest BCUT2D eigenvalue weighted by Crippen LogP contribution is -2.35. The number of rotatable bonds is 3. The first-order chi connectivity index (χ1) is 12.1. The van der Waals surface area contributed by atoms with Gasteiger partial charge in [0.25, 0.3) is 0 Å². The minimum Gasteiger partial charge on any atom is -0.403 e. The first-order valence-electron chi connectivity index (χ1n) is 7.64. The van der Waals surface area contributed by atoms with E-state index in [0.717, 1.165) is 22.9 Å². The predicted octanol–water partition coefficient (Wildman–Crippen LogP) is 2.42. The molecule has 0 aromatic heterocycles. The van der Waals surface area contributed by atoms with Crippen LogP contribution in [0.25, 0.3) is 5.70 Å². The van der Waals surface area contributed by atoms with E-state index in [1.54, 1.807) is 0 Å². The third kappa shape index (κ3) is 3.38. The second kappa shape index (κ2) is 6.93. The lowest BCUT2D eigenvalue weighted by Gasteiger charge is -2.14. The normalized spacial score (nSPS) is 16.6. The largest absolute Gasteiger partial charge is 0.403 e. The van der Waals surface area contributed by atoms with Gasteiger partial charge in [-0.15, -0.1) is 0 Å². The van der Waals surface area contributed by atoms with Gasteiger partial charge < -0.3 is 21.7 Å². The average molecular weight is 337 g/mol. The Bertz CT molecular complexity index is 887. The Balaban J connectivity index is 1.63. The zero-order chi connectivity index (χ0) is 17.8. The Morgan fingerprint density at radius 3 is 2.88 bits per heavy atom. The van der Waals surface area contributed by atoms with Crippen molar-refractivity contribution in [3.05, 3.63) is 71.2 Å². The van der Waals surface area contributed by atoms with Gasteiger partial charge in [-0.25, -0.2) is 9.18 Å². The summed E-state index contributed by atoms with van der Waals surface area (Å²) in [5, 5.41) is 17.1. The number of hydrogen-bond acceptors (Lipinski definition) is 4. The first kappa shape index (κ1) is 16.3. The maximum Gasteiger partial charge on any atom is 0.319 e. The number of nitrogens with one attached hydrogen (secondary N) is 3. The molecule has 0 saturated heterocycles. The first-order valence-corrected chi connectivity index (χ1v) is 7.64. The number of nitrogens with zero attached hydrogens (tertiary/aromatic N) is 1. The Kier molecular flexibility index (Phi) is 4.53. The number of fused-ring (bicyclic) bond motifs is 1. The van der Waals surface area contributed by atoms with Gasteiger partial charge in [0.1, 0.15) is 5.82 Å². The van der Waals surface area contributed by atoms with Crippen molar-refractivity contribution in [2.45, 2.75) is 6.04 Å². The molecule has 0 aliphatic carbocycles. The molecule has 0 saturated carbocycles. The van der Waals surface area contributed by atoms with Crippen LogP contribution in [-0.2, 0) is 0 Å². The molecule has 1 aliphatic heterocycles. The molecular formula is C18H16FN5O. The van der Waals surface area contributed by atoms with Gasteiger partial charge in [-0.3, -0.25) is 0 Å². The summed E-state index contributed by atoms with van der Waals surface area (Å²) in [5.41, 5.74) is 8.66. The van der Waals surface area contributed by atoms with Gasteiger partial charge >= 0.3 is 6.03 Å². The van der Waals surface area contributed by atoms with Crippen molar-refractivity contribution in [3.8, 4) is 6.07 Å². The highest BCUT2D eigenvalue weighted by Crippen LogP contribution is 2.31. The lowest BCUT2D eigenvalue weighted by atomic mass is 10.0. The van der Waals surface area contributed by atoms with Gasteiger partial charge in [-0.2, -0.15) is 5.26 Å². The molecule has 2 aromatic rings. The van der Waals surface area contributed by atoms with Crippen LogP contribution >= 0.6 is 0 Å². The monoisotopic (exact) mass is 337 g/mol. The van der Waals surface area contributed by atoms with Crippen LogP contribution in [0.3, 0.4) is 0 Å². The summed E-state index contributed by atoms with van der Waals surface area (Å²) < 4.78 is 13.8. The Hall–Kier alpha value is -3.53. The van der Waals surface area contributed by atoms with E-state index in [9.17, 15) is 9.18 Å². The maximum absolute atomic E-state index is 13.8. The molecule has 3 rings (SSSR count). The van der Waals surface area contributed by atoms with Crippen molar-refractivity contribution >= 4 is 17.4 Å². The van der Waals surface area contributed by atoms with Crippen molar-refractivity contribution in [2.75, 3.05) is 11.9 Å². The van der Waals surface area contributed by atoms with Crippen LogP contribution in [0.2, 0.25) is 0 Å². The summed E-state index contributed by atoms with van der Waals surface area (Å²) in [5.74, 6) is -0.660. The van der Waals surface area contributed by atoms with Gasteiger partial charge in [0.15, 0.2) is 0 Å². The molecule has 1 aliphatic rings. The standard InChI is InChI=1S/C18H16FN5O/c19-14-7-11(8-20)5-6-15(14)24-18(25)22-10-17-13-4-2-1-3-12(13)16(9-21)23-17/h1-7,9,17,23H,10,21H2,(H2,22,24,25)/b16-9-. The number of hydrogen-bond donors (Lipinski definition) is 4. The van der Waals surface area contributed by atoms with Crippen LogP contribution in [0.5, 0.6) is 0 Å². The quantitative estimate of drug-likeness (QED) is 0.690. The van der Waals surface area contributed by atoms with Crippen LogP contribution in [-0.4, -0.2) is 12.6 Å². The summed E-state index contributed by atoms with van der Waals surface area (Å²) in [6.07, 6.45) is 1.49. The zero-order valence-electron chi connectivity index (χ0n) is 13.2. The van der Waals surface area contributed by atoms with Gasteiger partial charge in [0.2, 0.25) is 0 Å². The number of benzene rings is 2. The highest BCUT2D eigenvalue weighted by molar-refractivity contribution is 5.89. The van der Waals surface area contributed by atoms with E-state index in [1.165, 1.54) is 18.3 Å². The van der Waals surface area contributed by atoms with E-state index in [2.05, 4.69) is 16.0 Å². The second-order valence-corrected chi connectivity index (χ2v) is 5.51. The number of halogens is 1. The molecule has 0 radical (unpaired) electrons. The third-order valence-corrected chi connectivity index (χ3v) is 3.94. The highest BCUT2D eigenvalue weighted by Gasteiger charge is 2.25. The van der Waals surface area contributed by atoms with E-state index in [1.807, 2.05) is 30.3 Å². The molecule has 2 aromatic carbocycles. The average Bonchev–Trinajstić information content (AvgIpc) is 2.99. The Morgan fingerprint density at radius 1 is 1.36 bits per heavy atom. The topological polar surface area (TPSA) is 103 Å². The molecule has 0 spiro atoms. The van der Waals surface area contributed by atoms with Crippen molar-refractivity contribution in [3.63, 3.8) is 0 Å². The van der Waals surface area contributed by atoms with Crippen LogP contribution in [0, 0.1) is 17.1 Å². The van der Waals surface area contributed by atoms with Crippen molar-refractivity contribution in [2.24, 2.45) is 5.73 Å². The van der Waals surface area contributed by atoms with Crippen molar-refractivity contribution in [1.29, 1.82) is 5.26 Å². The molecule has 0 fully saturated rings. The summed E-state index contributed by atoms with van der Waals surface area (Å²) in [6.45, 7) is 0.304. The minimum absolute atomic E-state index is 0.0128. The second-order valence-electron chi connectivity index (χ2n) is 5.51. The number of nitrogens with two attached hydrogens (primary N) is 1. The van der Waals surface area contributed by atoms with Crippen LogP contribution < -0.4 is 21.7 Å². The highest BCUT2D eigenvalue weighted by atomic mass is 19.1. The molecular weight excluding hydrogens is 321 g/mol. The molecule has 2 amide bonds. The fourth-order valence-electron chi connectivity index (χ4n) is 2.74. The van der Waals surface area contributed by atoms with Crippen LogP contribution in [0.4, 0.5) is 14.9 Å². The minimum atomic E-state index is -0.660.